The molecule has 0 spiro atoms. The van der Waals surface area contributed by atoms with Crippen molar-refractivity contribution in [3.8, 4) is 0 Å². The van der Waals surface area contributed by atoms with Crippen LogP contribution in [0.4, 0.5) is 0 Å². The first-order chi connectivity index (χ1) is 35.2. The molecule has 0 aromatic rings. The monoisotopic (exact) mass is 1030 g/mol. The van der Waals surface area contributed by atoms with E-state index in [0.717, 1.165) is 83.5 Å². The number of allylic oxidation sites excluding steroid dienone is 10. The van der Waals surface area contributed by atoms with Crippen molar-refractivity contribution in [2.75, 3.05) is 26.4 Å². The number of ether oxygens (including phenoxy) is 3. The number of unbranched alkanes of at least 4 members (excludes halogenated alkanes) is 27. The lowest BCUT2D eigenvalue weighted by Crippen LogP contribution is -2.30. The molecule has 3 atom stereocenters. The first-order valence-electron chi connectivity index (χ1n) is 29.2. The quantitative estimate of drug-likeness (QED) is 0.0197. The summed E-state index contributed by atoms with van der Waals surface area (Å²) in [7, 11) is -4.76. The van der Waals surface area contributed by atoms with Gasteiger partial charge < -0.3 is 24.2 Å². The van der Waals surface area contributed by atoms with E-state index in [9.17, 15) is 28.9 Å². The van der Waals surface area contributed by atoms with Crippen LogP contribution in [-0.4, -0.2) is 66.5 Å². The molecule has 3 unspecified atom stereocenters. The number of aliphatic hydroxyl groups excluding tert-OH is 1. The molecule has 0 aromatic carbocycles. The third kappa shape index (κ3) is 52.1. The summed E-state index contributed by atoms with van der Waals surface area (Å²) in [4.78, 5) is 48.5. The van der Waals surface area contributed by atoms with E-state index >= 15 is 0 Å². The number of esters is 3. The third-order valence-corrected chi connectivity index (χ3v) is 13.4. The Balaban J connectivity index is 4.74. The smallest absolute Gasteiger partial charge is 0.462 e. The Morgan fingerprint density at radius 3 is 1.15 bits per heavy atom. The van der Waals surface area contributed by atoms with Crippen molar-refractivity contribution in [3.05, 3.63) is 60.8 Å². The van der Waals surface area contributed by atoms with E-state index < -0.39 is 57.8 Å². The third-order valence-electron chi connectivity index (χ3n) is 12.4. The SMILES string of the molecule is CC/C=C\C/C=C\C/C=C\C/C=C\CCCCC(=O)OC(CO)COP(=O)(O)OCC(COC(=O)CCCCCCCCCCCCCCC)OC(=O)CCCCCCCCC/C=C\CCCCCCCC. The average molecular weight is 1040 g/mol. The Hall–Kier alpha value is -2.82. The van der Waals surface area contributed by atoms with Crippen LogP contribution in [0.5, 0.6) is 0 Å². The highest BCUT2D eigenvalue weighted by atomic mass is 31.2. The molecule has 11 nitrogen and oxygen atoms in total. The molecule has 0 saturated heterocycles. The fourth-order valence-corrected chi connectivity index (χ4v) is 8.77. The summed E-state index contributed by atoms with van der Waals surface area (Å²) >= 11 is 0. The van der Waals surface area contributed by atoms with Crippen LogP contribution in [0.3, 0.4) is 0 Å². The second-order valence-electron chi connectivity index (χ2n) is 19.4. The van der Waals surface area contributed by atoms with Crippen molar-refractivity contribution < 1.29 is 52.2 Å². The zero-order valence-corrected chi connectivity index (χ0v) is 47.0. The van der Waals surface area contributed by atoms with Gasteiger partial charge >= 0.3 is 25.7 Å². The zero-order valence-electron chi connectivity index (χ0n) is 46.1. The summed E-state index contributed by atoms with van der Waals surface area (Å²) in [5.41, 5.74) is 0. The second kappa shape index (κ2) is 54.4. The number of phosphoric ester groups is 1. The largest absolute Gasteiger partial charge is 0.472 e. The van der Waals surface area contributed by atoms with Crippen molar-refractivity contribution in [2.45, 2.75) is 277 Å². The second-order valence-corrected chi connectivity index (χ2v) is 20.9. The van der Waals surface area contributed by atoms with Crippen molar-refractivity contribution in [1.29, 1.82) is 0 Å². The number of hydrogen-bond donors (Lipinski definition) is 2. The Labute approximate surface area is 440 Å². The van der Waals surface area contributed by atoms with Gasteiger partial charge in [-0.05, 0) is 83.5 Å². The van der Waals surface area contributed by atoms with Gasteiger partial charge in [0.05, 0.1) is 19.8 Å². The van der Waals surface area contributed by atoms with Crippen LogP contribution in [0.15, 0.2) is 60.8 Å². The molecular formula is C60H107O11P. The Morgan fingerprint density at radius 1 is 0.403 bits per heavy atom. The highest BCUT2D eigenvalue weighted by Crippen LogP contribution is 2.43. The molecule has 0 saturated carbocycles. The number of phosphoric acid groups is 1. The molecule has 0 radical (unpaired) electrons. The summed E-state index contributed by atoms with van der Waals surface area (Å²) in [5.74, 6) is -1.50. The molecule has 0 aromatic heterocycles. The fourth-order valence-electron chi connectivity index (χ4n) is 7.99. The van der Waals surface area contributed by atoms with E-state index in [1.54, 1.807) is 0 Å². The van der Waals surface area contributed by atoms with E-state index in [1.807, 2.05) is 0 Å². The molecule has 2 N–H and O–H groups in total. The van der Waals surface area contributed by atoms with Gasteiger partial charge in [-0.1, -0.05) is 223 Å². The number of rotatable bonds is 54. The standard InChI is InChI=1S/C60H107O11P/c1-4-7-10-13-16-19-22-25-27-28-30-33-36-39-42-45-48-51-60(64)71-57(53-67-58(62)49-46-43-40-37-34-31-24-21-18-15-12-9-6-3)55-69-72(65,66)68-54-56(52-61)70-59(63)50-47-44-41-38-35-32-29-26-23-20-17-14-11-8-5-2/h8,11,17,20,25-27,29,35,38,56-57,61H,4-7,9-10,12-16,18-19,21-24,28,30-34,36-37,39-55H2,1-3H3,(H,65,66)/b11-8-,20-17-,27-25-,29-26-,38-35-. The summed E-state index contributed by atoms with van der Waals surface area (Å²) in [6.07, 6.45) is 58.9. The van der Waals surface area contributed by atoms with E-state index in [4.69, 9.17) is 23.3 Å². The molecule has 0 fully saturated rings. The predicted molar refractivity (Wildman–Crippen MR) is 298 cm³/mol. The minimum absolute atomic E-state index is 0.125. The van der Waals surface area contributed by atoms with Crippen molar-refractivity contribution in [1.82, 2.24) is 0 Å². The molecule has 72 heavy (non-hydrogen) atoms. The molecule has 0 heterocycles. The first kappa shape index (κ1) is 69.2. The lowest BCUT2D eigenvalue weighted by Gasteiger charge is -2.21. The van der Waals surface area contributed by atoms with Crippen molar-refractivity contribution in [2.24, 2.45) is 0 Å². The van der Waals surface area contributed by atoms with Gasteiger partial charge in [-0.3, -0.25) is 23.4 Å². The molecule has 0 aliphatic carbocycles. The van der Waals surface area contributed by atoms with Gasteiger partial charge in [0.2, 0.25) is 0 Å². The predicted octanol–water partition coefficient (Wildman–Crippen LogP) is 17.1. The van der Waals surface area contributed by atoms with E-state index in [1.165, 1.54) is 122 Å². The molecule has 418 valence electrons. The highest BCUT2D eigenvalue weighted by Gasteiger charge is 2.28. The molecule has 0 amide bonds. The maximum absolute atomic E-state index is 12.9. The molecule has 0 aliphatic rings. The van der Waals surface area contributed by atoms with Crippen LogP contribution in [0, 0.1) is 0 Å². The topological polar surface area (TPSA) is 155 Å². The number of carbonyl (C=O) groups is 3. The van der Waals surface area contributed by atoms with Crippen molar-refractivity contribution >= 4 is 25.7 Å². The lowest BCUT2D eigenvalue weighted by atomic mass is 10.0. The number of carbonyl (C=O) groups excluding carboxylic acids is 3. The minimum Gasteiger partial charge on any atom is -0.462 e. The van der Waals surface area contributed by atoms with Gasteiger partial charge in [0, 0.05) is 19.3 Å². The maximum atomic E-state index is 12.9. The van der Waals surface area contributed by atoms with Crippen LogP contribution in [0.1, 0.15) is 265 Å². The van der Waals surface area contributed by atoms with Crippen LogP contribution < -0.4 is 0 Å². The minimum atomic E-state index is -4.76. The van der Waals surface area contributed by atoms with Crippen LogP contribution in [-0.2, 0) is 42.2 Å². The maximum Gasteiger partial charge on any atom is 0.472 e. The van der Waals surface area contributed by atoms with Gasteiger partial charge in [-0.15, -0.1) is 0 Å². The van der Waals surface area contributed by atoms with Gasteiger partial charge in [0.1, 0.15) is 12.7 Å². The van der Waals surface area contributed by atoms with Gasteiger partial charge in [-0.25, -0.2) is 4.57 Å². The molecule has 0 bridgehead atoms. The Bertz CT molecular complexity index is 1440. The molecule has 0 rings (SSSR count). The molecular weight excluding hydrogens is 928 g/mol. The zero-order chi connectivity index (χ0) is 52.7. The van der Waals surface area contributed by atoms with Gasteiger partial charge in [0.15, 0.2) is 6.10 Å². The van der Waals surface area contributed by atoms with E-state index in [0.29, 0.717) is 19.3 Å². The normalized spacial score (nSPS) is 13.8. The summed E-state index contributed by atoms with van der Waals surface area (Å²) in [5, 5.41) is 9.80. The average Bonchev–Trinajstić information content (AvgIpc) is 3.37. The summed E-state index contributed by atoms with van der Waals surface area (Å²) < 4.78 is 39.5. The summed E-state index contributed by atoms with van der Waals surface area (Å²) in [6, 6.07) is 0. The first-order valence-corrected chi connectivity index (χ1v) is 30.7. The lowest BCUT2D eigenvalue weighted by molar-refractivity contribution is -0.161. The Kier molecular flexibility index (Phi) is 52.3. The Morgan fingerprint density at radius 2 is 0.722 bits per heavy atom. The number of hydrogen-bond acceptors (Lipinski definition) is 10. The highest BCUT2D eigenvalue weighted by molar-refractivity contribution is 7.47. The number of aliphatic hydroxyl groups is 1. The fraction of sp³-hybridized carbons (Fsp3) is 0.783. The van der Waals surface area contributed by atoms with E-state index in [2.05, 4.69) is 81.5 Å². The summed E-state index contributed by atoms with van der Waals surface area (Å²) in [6.45, 7) is 4.50. The molecule has 12 heteroatoms. The van der Waals surface area contributed by atoms with Crippen LogP contribution in [0.2, 0.25) is 0 Å². The van der Waals surface area contributed by atoms with Crippen molar-refractivity contribution in [3.63, 3.8) is 0 Å². The van der Waals surface area contributed by atoms with Gasteiger partial charge in [-0.2, -0.15) is 0 Å². The van der Waals surface area contributed by atoms with Crippen LogP contribution in [0.25, 0.3) is 0 Å². The van der Waals surface area contributed by atoms with E-state index in [-0.39, 0.29) is 25.9 Å². The van der Waals surface area contributed by atoms with Crippen LogP contribution >= 0.6 is 7.82 Å². The molecule has 0 aliphatic heterocycles. The van der Waals surface area contributed by atoms with Gasteiger partial charge in [0.25, 0.3) is 0 Å².